The van der Waals surface area contributed by atoms with Crippen LogP contribution in [0, 0.1) is 0 Å². The fraction of sp³-hybridized carbons (Fsp3) is 0.364. The van der Waals surface area contributed by atoms with Crippen LogP contribution in [0.4, 0.5) is 17.1 Å². The highest BCUT2D eigenvalue weighted by Crippen LogP contribution is 2.44. The Bertz CT molecular complexity index is 1510. The normalized spacial score (nSPS) is 26.8. The number of carbonyl (C=O) groups excluding carboxylic acids is 3. The van der Waals surface area contributed by atoms with Crippen molar-refractivity contribution in [3.63, 3.8) is 0 Å². The van der Waals surface area contributed by atoms with Crippen LogP contribution in [0.25, 0.3) is 0 Å². The van der Waals surface area contributed by atoms with Gasteiger partial charge >= 0.3 is 0 Å². The van der Waals surface area contributed by atoms with Crippen LogP contribution in [0.1, 0.15) is 19.3 Å². The van der Waals surface area contributed by atoms with E-state index in [1.165, 1.54) is 0 Å². The molecule has 3 heterocycles. The molecule has 0 bridgehead atoms. The first-order valence-electron chi connectivity index (χ1n) is 15.7. The highest BCUT2D eigenvalue weighted by molar-refractivity contribution is 7.85. The molecule has 0 radical (unpaired) electrons. The number of benzene rings is 3. The molecular weight excluding hydrogens is 623 g/mol. The van der Waals surface area contributed by atoms with E-state index in [2.05, 4.69) is 31.9 Å². The minimum absolute atomic E-state index is 0.283. The maximum atomic E-state index is 15.6. The molecule has 3 fully saturated rings. The summed E-state index contributed by atoms with van der Waals surface area (Å²) < 4.78 is 15.6. The topological polar surface area (TPSA) is 201 Å². The van der Waals surface area contributed by atoms with Crippen LogP contribution in [-0.4, -0.2) is 89.1 Å². The zero-order valence-corrected chi connectivity index (χ0v) is 26.5. The quantitative estimate of drug-likeness (QED) is 0.132. The second-order valence-corrected chi connectivity index (χ2v) is 15.0. The van der Waals surface area contributed by atoms with E-state index in [0.29, 0.717) is 52.6 Å². The van der Waals surface area contributed by atoms with Gasteiger partial charge in [0.15, 0.2) is 7.14 Å². The van der Waals surface area contributed by atoms with Crippen molar-refractivity contribution in [1.82, 2.24) is 16.0 Å². The number of hydrogen-bond donors (Lipinski definition) is 9. The lowest BCUT2D eigenvalue weighted by atomic mass is 10.2. The Balaban J connectivity index is 1.34. The molecule has 0 spiro atoms. The summed E-state index contributed by atoms with van der Waals surface area (Å²) >= 11 is 0. The molecule has 13 nitrogen and oxygen atoms in total. The number of anilines is 3. The predicted molar refractivity (Wildman–Crippen MR) is 179 cm³/mol. The minimum Gasteiger partial charge on any atom is -0.392 e. The number of hydrogen-bond acceptors (Lipinski definition) is 10. The Morgan fingerprint density at radius 2 is 0.851 bits per heavy atom. The summed E-state index contributed by atoms with van der Waals surface area (Å²) in [4.78, 5) is 38.8. The molecule has 3 unspecified atom stereocenters. The Morgan fingerprint density at radius 1 is 0.553 bits per heavy atom. The Hall–Kier alpha value is -3.94. The molecule has 6 rings (SSSR count). The fourth-order valence-electron chi connectivity index (χ4n) is 6.22. The van der Waals surface area contributed by atoms with Crippen molar-refractivity contribution < 1.29 is 34.3 Å². The number of carbonyl (C=O) groups is 3. The average molecular weight is 663 g/mol. The van der Waals surface area contributed by atoms with Gasteiger partial charge in [0, 0.05) is 52.6 Å². The average Bonchev–Trinajstić information content (AvgIpc) is 3.82. The molecular formula is C33H39N6O7P. The van der Waals surface area contributed by atoms with Gasteiger partial charge in [0.1, 0.15) is 0 Å². The molecule has 3 aromatic carbocycles. The zero-order chi connectivity index (χ0) is 33.1. The number of nitrogens with one attached hydrogen (secondary N) is 6. The van der Waals surface area contributed by atoms with Gasteiger partial charge in [0.25, 0.3) is 0 Å². The van der Waals surface area contributed by atoms with Crippen LogP contribution >= 0.6 is 7.14 Å². The molecule has 14 heteroatoms. The zero-order valence-electron chi connectivity index (χ0n) is 25.6. The van der Waals surface area contributed by atoms with Crippen molar-refractivity contribution in [2.24, 2.45) is 0 Å². The molecule has 248 valence electrons. The van der Waals surface area contributed by atoms with Gasteiger partial charge < -0.3 is 51.8 Å². The summed E-state index contributed by atoms with van der Waals surface area (Å²) in [6, 6.07) is 18.5. The molecule has 47 heavy (non-hydrogen) atoms. The molecule has 3 aliphatic heterocycles. The monoisotopic (exact) mass is 662 g/mol. The number of aliphatic hydroxyl groups is 3. The SMILES string of the molecule is O=C(Nc1cccc(P(=O)(c2cccc(NC(=O)[C@@H]3CC(O)CN3)c2)c2cccc(NC(=O)[C@@H]3CC(O)CN3)c2)c1)[C@@H]1CC(O)CN1. The van der Waals surface area contributed by atoms with Crippen LogP contribution in [0.15, 0.2) is 72.8 Å². The Labute approximate surface area is 271 Å². The standard InChI is InChI=1S/C33H39N6O7P/c40-22-13-28(34-16-22)31(43)37-19-4-1-7-25(10-19)47(46,26-8-2-5-20(11-26)38-32(44)29-14-23(41)17-35-29)27-9-3-6-21(12-27)39-33(45)30-15-24(42)18-36-30/h1-12,22-24,28-30,34-36,40-42H,13-18H2,(H,37,43)(H,38,44)(H,39,45)/t22?,23?,24?,28-,29-,30-,47?/m0/s1. The molecule has 3 aliphatic rings. The first-order chi connectivity index (χ1) is 22.6. The molecule has 0 aromatic heterocycles. The summed E-state index contributed by atoms with van der Waals surface area (Å²) in [6.07, 6.45) is -0.978. The molecule has 6 atom stereocenters. The smallest absolute Gasteiger partial charge is 0.241 e. The van der Waals surface area contributed by atoms with Gasteiger partial charge in [-0.15, -0.1) is 0 Å². The maximum absolute atomic E-state index is 15.6. The van der Waals surface area contributed by atoms with Crippen LogP contribution in [0.3, 0.4) is 0 Å². The minimum atomic E-state index is -3.71. The molecule has 0 aliphatic carbocycles. The summed E-state index contributed by atoms with van der Waals surface area (Å²) in [6.45, 7) is 0.964. The lowest BCUT2D eigenvalue weighted by Gasteiger charge is -2.23. The predicted octanol–water partition coefficient (Wildman–Crippen LogP) is -0.690. The summed E-state index contributed by atoms with van der Waals surface area (Å²) in [5.74, 6) is -0.960. The third kappa shape index (κ3) is 7.47. The Kier molecular flexibility index (Phi) is 9.85. The van der Waals surface area contributed by atoms with Crippen molar-refractivity contribution in [2.75, 3.05) is 35.6 Å². The van der Waals surface area contributed by atoms with Crippen molar-refractivity contribution >= 4 is 57.8 Å². The molecule has 3 saturated heterocycles. The first kappa shape index (κ1) is 33.0. The molecule has 0 saturated carbocycles. The van der Waals surface area contributed by atoms with E-state index in [0.717, 1.165) is 0 Å². The molecule has 9 N–H and O–H groups in total. The number of rotatable bonds is 9. The second kappa shape index (κ2) is 14.0. The van der Waals surface area contributed by atoms with Crippen molar-refractivity contribution in [2.45, 2.75) is 55.7 Å². The van der Waals surface area contributed by atoms with Crippen LogP contribution < -0.4 is 47.8 Å². The van der Waals surface area contributed by atoms with E-state index >= 15 is 4.57 Å². The van der Waals surface area contributed by atoms with Gasteiger partial charge in [0.2, 0.25) is 17.7 Å². The van der Waals surface area contributed by atoms with Gasteiger partial charge in [-0.1, -0.05) is 36.4 Å². The lowest BCUT2D eigenvalue weighted by Crippen LogP contribution is -2.36. The van der Waals surface area contributed by atoms with Crippen LogP contribution in [0.2, 0.25) is 0 Å². The number of β-amino-alcohol motifs (C(OH)–C–C–N with tert-alkyl or cyclic N) is 3. The van der Waals surface area contributed by atoms with E-state index in [9.17, 15) is 29.7 Å². The highest BCUT2D eigenvalue weighted by atomic mass is 31.2. The molecule has 3 amide bonds. The van der Waals surface area contributed by atoms with Gasteiger partial charge in [0.05, 0.1) is 36.4 Å². The summed E-state index contributed by atoms with van der Waals surface area (Å²) in [5, 5.41) is 48.3. The van der Waals surface area contributed by atoms with E-state index < -0.39 is 43.6 Å². The van der Waals surface area contributed by atoms with Crippen LogP contribution in [0.5, 0.6) is 0 Å². The van der Waals surface area contributed by atoms with Gasteiger partial charge in [-0.25, -0.2) is 0 Å². The number of amides is 3. The van der Waals surface area contributed by atoms with Gasteiger partial charge in [-0.2, -0.15) is 0 Å². The third-order valence-electron chi connectivity index (χ3n) is 8.70. The maximum Gasteiger partial charge on any atom is 0.241 e. The summed E-state index contributed by atoms with van der Waals surface area (Å²) in [7, 11) is -3.71. The largest absolute Gasteiger partial charge is 0.392 e. The number of aliphatic hydroxyl groups excluding tert-OH is 3. The van der Waals surface area contributed by atoms with E-state index in [4.69, 9.17) is 0 Å². The van der Waals surface area contributed by atoms with Crippen LogP contribution in [-0.2, 0) is 18.9 Å². The second-order valence-electron chi connectivity index (χ2n) is 12.3. The van der Waals surface area contributed by atoms with E-state index in [-0.39, 0.29) is 37.0 Å². The van der Waals surface area contributed by atoms with Gasteiger partial charge in [-0.05, 0) is 55.7 Å². The summed E-state index contributed by atoms with van der Waals surface area (Å²) in [5.41, 5.74) is 1.25. The lowest BCUT2D eigenvalue weighted by molar-refractivity contribution is -0.118. The van der Waals surface area contributed by atoms with E-state index in [1.807, 2.05) is 0 Å². The fourth-order valence-corrected chi connectivity index (χ4v) is 8.97. The third-order valence-corrected chi connectivity index (χ3v) is 11.7. The first-order valence-corrected chi connectivity index (χ1v) is 17.4. The van der Waals surface area contributed by atoms with E-state index in [1.54, 1.807) is 72.8 Å². The van der Waals surface area contributed by atoms with Gasteiger partial charge in [-0.3, -0.25) is 14.4 Å². The van der Waals surface area contributed by atoms with Crippen molar-refractivity contribution in [3.05, 3.63) is 72.8 Å². The van der Waals surface area contributed by atoms with Crippen molar-refractivity contribution in [3.8, 4) is 0 Å². The van der Waals surface area contributed by atoms with Crippen molar-refractivity contribution in [1.29, 1.82) is 0 Å². The Morgan fingerprint density at radius 3 is 1.11 bits per heavy atom. The molecule has 3 aromatic rings. The highest BCUT2D eigenvalue weighted by Gasteiger charge is 2.34.